The normalized spacial score (nSPS) is 15.4. The van der Waals surface area contributed by atoms with Crippen LogP contribution in [0.4, 0.5) is 4.79 Å². The molecule has 0 saturated heterocycles. The smallest absolute Gasteiger partial charge is 0.407 e. The summed E-state index contributed by atoms with van der Waals surface area (Å²) in [6, 6.07) is 0.0992. The van der Waals surface area contributed by atoms with Gasteiger partial charge in [0.05, 0.1) is 6.10 Å². The Labute approximate surface area is 97.6 Å². The summed E-state index contributed by atoms with van der Waals surface area (Å²) in [6.07, 6.45) is -0.804. The van der Waals surface area contributed by atoms with Gasteiger partial charge in [-0.25, -0.2) is 4.79 Å². The molecule has 0 bridgehead atoms. The summed E-state index contributed by atoms with van der Waals surface area (Å²) in [4.78, 5) is 11.3. The Balaban J connectivity index is 3.67. The fourth-order valence-electron chi connectivity index (χ4n) is 0.995. The van der Waals surface area contributed by atoms with Gasteiger partial charge in [0.25, 0.3) is 0 Å². The first-order valence-corrected chi connectivity index (χ1v) is 5.59. The zero-order valence-electron chi connectivity index (χ0n) is 10.8. The Bertz CT molecular complexity index is 212. The number of aliphatic hydroxyl groups is 1. The van der Waals surface area contributed by atoms with Gasteiger partial charge in [-0.15, -0.1) is 0 Å². The Morgan fingerprint density at radius 1 is 1.31 bits per heavy atom. The van der Waals surface area contributed by atoms with Crippen molar-refractivity contribution in [3.8, 4) is 0 Å². The summed E-state index contributed by atoms with van der Waals surface area (Å²) in [7, 11) is 0. The number of carbonyl (C=O) groups is 1. The van der Waals surface area contributed by atoms with Crippen molar-refractivity contribution in [3.63, 3.8) is 0 Å². The second kappa shape index (κ2) is 6.70. The summed E-state index contributed by atoms with van der Waals surface area (Å²) in [6.45, 7) is 10.1. The first kappa shape index (κ1) is 15.2. The third kappa shape index (κ3) is 9.73. The van der Waals surface area contributed by atoms with Gasteiger partial charge in [0.15, 0.2) is 0 Å². The Kier molecular flexibility index (Phi) is 6.36. The highest BCUT2D eigenvalue weighted by molar-refractivity contribution is 5.67. The van der Waals surface area contributed by atoms with E-state index in [-0.39, 0.29) is 12.1 Å². The SMILES string of the molecule is CC(CNC(=O)OC(C)(C)C)NC[C@@H](C)O. The first-order chi connectivity index (χ1) is 7.20. The van der Waals surface area contributed by atoms with Gasteiger partial charge in [-0.1, -0.05) is 0 Å². The number of rotatable bonds is 5. The van der Waals surface area contributed by atoms with Crippen molar-refractivity contribution in [3.05, 3.63) is 0 Å². The number of carbonyl (C=O) groups excluding carboxylic acids is 1. The maximum absolute atomic E-state index is 11.3. The number of amides is 1. The lowest BCUT2D eigenvalue weighted by Crippen LogP contribution is -2.42. The quantitative estimate of drug-likeness (QED) is 0.658. The fraction of sp³-hybridized carbons (Fsp3) is 0.909. The number of aliphatic hydroxyl groups excluding tert-OH is 1. The van der Waals surface area contributed by atoms with Gasteiger partial charge in [-0.05, 0) is 34.6 Å². The molecule has 0 heterocycles. The molecule has 5 nitrogen and oxygen atoms in total. The van der Waals surface area contributed by atoms with Crippen LogP contribution in [0.1, 0.15) is 34.6 Å². The number of hydrogen-bond donors (Lipinski definition) is 3. The molecule has 0 aromatic carbocycles. The second-order valence-electron chi connectivity index (χ2n) is 5.04. The molecule has 1 unspecified atom stereocenters. The Morgan fingerprint density at radius 3 is 2.31 bits per heavy atom. The Hall–Kier alpha value is -0.810. The predicted molar refractivity (Wildman–Crippen MR) is 63.4 cm³/mol. The van der Waals surface area contributed by atoms with Gasteiger partial charge < -0.3 is 20.5 Å². The fourth-order valence-corrected chi connectivity index (χ4v) is 0.995. The number of alkyl carbamates (subject to hydrolysis) is 1. The van der Waals surface area contributed by atoms with Crippen LogP contribution in [0.25, 0.3) is 0 Å². The summed E-state index contributed by atoms with van der Waals surface area (Å²) in [5.41, 5.74) is -0.472. The molecule has 0 aromatic rings. The zero-order chi connectivity index (χ0) is 12.8. The predicted octanol–water partition coefficient (Wildman–Crippen LogP) is 0.870. The Morgan fingerprint density at radius 2 is 1.88 bits per heavy atom. The van der Waals surface area contributed by atoms with Crippen molar-refractivity contribution in [1.29, 1.82) is 0 Å². The van der Waals surface area contributed by atoms with Crippen LogP contribution < -0.4 is 10.6 Å². The molecule has 0 fully saturated rings. The van der Waals surface area contributed by atoms with Crippen molar-refractivity contribution in [2.75, 3.05) is 13.1 Å². The zero-order valence-corrected chi connectivity index (χ0v) is 10.8. The monoisotopic (exact) mass is 232 g/mol. The van der Waals surface area contributed by atoms with E-state index in [1.807, 2.05) is 27.7 Å². The molecule has 96 valence electrons. The van der Waals surface area contributed by atoms with Gasteiger partial charge in [-0.2, -0.15) is 0 Å². The topological polar surface area (TPSA) is 70.6 Å². The molecule has 16 heavy (non-hydrogen) atoms. The minimum Gasteiger partial charge on any atom is -0.444 e. The highest BCUT2D eigenvalue weighted by Crippen LogP contribution is 2.06. The molecule has 0 rings (SSSR count). The lowest BCUT2D eigenvalue weighted by atomic mass is 10.2. The van der Waals surface area contributed by atoms with E-state index < -0.39 is 11.7 Å². The molecule has 2 atom stereocenters. The minimum atomic E-state index is -0.472. The maximum atomic E-state index is 11.3. The molecule has 0 radical (unpaired) electrons. The first-order valence-electron chi connectivity index (χ1n) is 5.59. The summed E-state index contributed by atoms with van der Waals surface area (Å²) >= 11 is 0. The van der Waals surface area contributed by atoms with Gasteiger partial charge in [0.2, 0.25) is 0 Å². The average Bonchev–Trinajstić information content (AvgIpc) is 2.08. The van der Waals surface area contributed by atoms with Gasteiger partial charge in [0.1, 0.15) is 5.60 Å². The molecule has 0 aliphatic heterocycles. The van der Waals surface area contributed by atoms with Gasteiger partial charge in [0, 0.05) is 19.1 Å². The van der Waals surface area contributed by atoms with Crippen LogP contribution in [0.2, 0.25) is 0 Å². The van der Waals surface area contributed by atoms with Crippen molar-refractivity contribution in [2.45, 2.75) is 52.4 Å². The maximum Gasteiger partial charge on any atom is 0.407 e. The third-order valence-corrected chi connectivity index (χ3v) is 1.71. The van der Waals surface area contributed by atoms with Crippen LogP contribution in [0.3, 0.4) is 0 Å². The molecule has 0 aliphatic rings. The summed E-state index contributed by atoms with van der Waals surface area (Å²) in [5.74, 6) is 0. The lowest BCUT2D eigenvalue weighted by molar-refractivity contribution is 0.0523. The van der Waals surface area contributed by atoms with Crippen LogP contribution in [0.15, 0.2) is 0 Å². The van der Waals surface area contributed by atoms with E-state index in [0.717, 1.165) is 0 Å². The van der Waals surface area contributed by atoms with Crippen molar-refractivity contribution in [1.82, 2.24) is 10.6 Å². The molecule has 3 N–H and O–H groups in total. The van der Waals surface area contributed by atoms with Crippen molar-refractivity contribution < 1.29 is 14.6 Å². The van der Waals surface area contributed by atoms with Crippen LogP contribution >= 0.6 is 0 Å². The lowest BCUT2D eigenvalue weighted by Gasteiger charge is -2.21. The number of ether oxygens (including phenoxy) is 1. The molecule has 1 amide bonds. The van der Waals surface area contributed by atoms with E-state index in [9.17, 15) is 4.79 Å². The van der Waals surface area contributed by atoms with E-state index >= 15 is 0 Å². The van der Waals surface area contributed by atoms with E-state index in [0.29, 0.717) is 13.1 Å². The highest BCUT2D eigenvalue weighted by atomic mass is 16.6. The van der Waals surface area contributed by atoms with E-state index in [4.69, 9.17) is 9.84 Å². The highest BCUT2D eigenvalue weighted by Gasteiger charge is 2.16. The van der Waals surface area contributed by atoms with E-state index in [2.05, 4.69) is 10.6 Å². The third-order valence-electron chi connectivity index (χ3n) is 1.71. The number of hydrogen-bond acceptors (Lipinski definition) is 4. The van der Waals surface area contributed by atoms with E-state index in [1.54, 1.807) is 6.92 Å². The average molecular weight is 232 g/mol. The molecule has 0 aliphatic carbocycles. The minimum absolute atomic E-state index is 0.0992. The molecule has 0 aromatic heterocycles. The van der Waals surface area contributed by atoms with Crippen LogP contribution in [-0.4, -0.2) is 42.0 Å². The summed E-state index contributed by atoms with van der Waals surface area (Å²) < 4.78 is 5.09. The molecule has 0 saturated carbocycles. The van der Waals surface area contributed by atoms with Crippen LogP contribution in [-0.2, 0) is 4.74 Å². The van der Waals surface area contributed by atoms with Gasteiger partial charge >= 0.3 is 6.09 Å². The second-order valence-corrected chi connectivity index (χ2v) is 5.04. The molecular formula is C11H24N2O3. The van der Waals surface area contributed by atoms with Crippen LogP contribution in [0.5, 0.6) is 0 Å². The number of nitrogens with one attached hydrogen (secondary N) is 2. The standard InChI is InChI=1S/C11H24N2O3/c1-8(12-7-9(2)14)6-13-10(15)16-11(3,4)5/h8-9,12,14H,6-7H2,1-5H3,(H,13,15)/t8?,9-/m1/s1. The van der Waals surface area contributed by atoms with Gasteiger partial charge in [-0.3, -0.25) is 0 Å². The largest absolute Gasteiger partial charge is 0.444 e. The van der Waals surface area contributed by atoms with E-state index in [1.165, 1.54) is 0 Å². The van der Waals surface area contributed by atoms with Crippen molar-refractivity contribution >= 4 is 6.09 Å². The van der Waals surface area contributed by atoms with Crippen LogP contribution in [0, 0.1) is 0 Å². The molecule has 0 spiro atoms. The van der Waals surface area contributed by atoms with Crippen molar-refractivity contribution in [2.24, 2.45) is 0 Å². The molecular weight excluding hydrogens is 208 g/mol. The summed E-state index contributed by atoms with van der Waals surface area (Å²) in [5, 5.41) is 14.8. The molecule has 5 heteroatoms.